The van der Waals surface area contributed by atoms with Gasteiger partial charge in [0, 0.05) is 26.7 Å². The Morgan fingerprint density at radius 2 is 1.66 bits per heavy atom. The van der Waals surface area contributed by atoms with Crippen molar-refractivity contribution in [3.05, 3.63) is 71.0 Å². The van der Waals surface area contributed by atoms with Crippen molar-refractivity contribution in [1.82, 2.24) is 16.0 Å². The van der Waals surface area contributed by atoms with Crippen LogP contribution in [-0.4, -0.2) is 32.0 Å². The van der Waals surface area contributed by atoms with Crippen molar-refractivity contribution in [2.75, 3.05) is 20.1 Å². The van der Waals surface area contributed by atoms with Crippen LogP contribution in [0.3, 0.4) is 0 Å². The van der Waals surface area contributed by atoms with Gasteiger partial charge in [0.1, 0.15) is 5.82 Å². The minimum absolute atomic E-state index is 0.0820. The van der Waals surface area contributed by atoms with E-state index in [-0.39, 0.29) is 18.1 Å². The molecule has 2 rings (SSSR count). The van der Waals surface area contributed by atoms with Gasteiger partial charge >= 0.3 is 6.18 Å². The Labute approximate surface area is 166 Å². The highest BCUT2D eigenvalue weighted by atomic mass is 19.4. The molecule has 0 aromatic heterocycles. The van der Waals surface area contributed by atoms with Gasteiger partial charge in [-0.05, 0) is 35.4 Å². The molecule has 0 bridgehead atoms. The minimum atomic E-state index is -4.36. The molecule has 29 heavy (non-hydrogen) atoms. The van der Waals surface area contributed by atoms with Gasteiger partial charge in [-0.1, -0.05) is 24.3 Å². The van der Waals surface area contributed by atoms with Gasteiger partial charge in [-0.3, -0.25) is 9.79 Å². The summed E-state index contributed by atoms with van der Waals surface area (Å²) in [5.74, 6) is -0.172. The Hall–Kier alpha value is -3.10. The van der Waals surface area contributed by atoms with E-state index in [0.29, 0.717) is 36.7 Å². The van der Waals surface area contributed by atoms with E-state index in [4.69, 9.17) is 0 Å². The van der Waals surface area contributed by atoms with Crippen molar-refractivity contribution in [3.63, 3.8) is 0 Å². The Morgan fingerprint density at radius 1 is 0.966 bits per heavy atom. The van der Waals surface area contributed by atoms with E-state index in [0.717, 1.165) is 12.1 Å². The van der Waals surface area contributed by atoms with Gasteiger partial charge in [0.05, 0.1) is 12.0 Å². The van der Waals surface area contributed by atoms with Gasteiger partial charge < -0.3 is 16.0 Å². The van der Waals surface area contributed by atoms with Gasteiger partial charge in [0.2, 0.25) is 5.91 Å². The number of nitrogens with one attached hydrogen (secondary N) is 3. The number of hydrogen-bond donors (Lipinski definition) is 3. The summed E-state index contributed by atoms with van der Waals surface area (Å²) >= 11 is 0. The molecule has 0 aliphatic heterocycles. The summed E-state index contributed by atoms with van der Waals surface area (Å²) in [7, 11) is 1.56. The fourth-order valence-corrected chi connectivity index (χ4v) is 2.50. The maximum absolute atomic E-state index is 13.1. The van der Waals surface area contributed by atoms with Crippen LogP contribution >= 0.6 is 0 Å². The molecule has 0 aliphatic rings. The summed E-state index contributed by atoms with van der Waals surface area (Å²) in [4.78, 5) is 15.9. The van der Waals surface area contributed by atoms with Crippen LogP contribution < -0.4 is 16.0 Å². The molecule has 0 atom stereocenters. The van der Waals surface area contributed by atoms with Gasteiger partial charge in [0.15, 0.2) is 5.96 Å². The number of benzene rings is 2. The van der Waals surface area contributed by atoms with E-state index >= 15 is 0 Å². The number of amides is 1. The minimum Gasteiger partial charge on any atom is -0.355 e. The molecule has 0 saturated heterocycles. The molecule has 0 fully saturated rings. The van der Waals surface area contributed by atoms with E-state index in [1.165, 1.54) is 24.3 Å². The van der Waals surface area contributed by atoms with E-state index in [2.05, 4.69) is 20.9 Å². The highest BCUT2D eigenvalue weighted by Gasteiger charge is 2.29. The summed E-state index contributed by atoms with van der Waals surface area (Å²) in [5, 5.41) is 8.68. The molecule has 0 radical (unpaired) electrons. The van der Waals surface area contributed by atoms with Gasteiger partial charge in [-0.15, -0.1) is 0 Å². The van der Waals surface area contributed by atoms with Crippen LogP contribution in [-0.2, 0) is 23.9 Å². The monoisotopic (exact) mass is 410 g/mol. The van der Waals surface area contributed by atoms with Gasteiger partial charge in [-0.25, -0.2) is 4.39 Å². The molecule has 0 unspecified atom stereocenters. The predicted molar refractivity (Wildman–Crippen MR) is 103 cm³/mol. The normalized spacial score (nSPS) is 11.8. The highest BCUT2D eigenvalue weighted by molar-refractivity contribution is 5.80. The van der Waals surface area contributed by atoms with Crippen LogP contribution in [0, 0.1) is 5.82 Å². The smallest absolute Gasteiger partial charge is 0.355 e. The first-order valence-electron chi connectivity index (χ1n) is 8.89. The average Bonchev–Trinajstić information content (AvgIpc) is 2.67. The second-order valence-electron chi connectivity index (χ2n) is 6.20. The number of nitrogens with zero attached hydrogens (tertiary/aromatic N) is 1. The lowest BCUT2D eigenvalue weighted by Gasteiger charge is -2.13. The van der Waals surface area contributed by atoms with E-state index in [1.54, 1.807) is 19.2 Å². The molecule has 0 spiro atoms. The van der Waals surface area contributed by atoms with Gasteiger partial charge in [-0.2, -0.15) is 13.2 Å². The Balaban J connectivity index is 1.69. The number of carbonyl (C=O) groups excluding carboxylic acids is 1. The molecule has 3 N–H and O–H groups in total. The number of alkyl halides is 3. The largest absolute Gasteiger partial charge is 0.416 e. The highest BCUT2D eigenvalue weighted by Crippen LogP contribution is 2.29. The molecule has 2 aromatic carbocycles. The van der Waals surface area contributed by atoms with E-state index in [1.807, 2.05) is 0 Å². The topological polar surface area (TPSA) is 65.5 Å². The van der Waals surface area contributed by atoms with Crippen LogP contribution in [0.1, 0.15) is 16.7 Å². The molecule has 0 aliphatic carbocycles. The molecule has 9 heteroatoms. The van der Waals surface area contributed by atoms with Crippen molar-refractivity contribution >= 4 is 11.9 Å². The summed E-state index contributed by atoms with van der Waals surface area (Å²) < 4.78 is 50.8. The zero-order chi connectivity index (χ0) is 21.3. The summed E-state index contributed by atoms with van der Waals surface area (Å²) in [5.41, 5.74) is 0.562. The van der Waals surface area contributed by atoms with Crippen molar-refractivity contribution in [2.45, 2.75) is 19.1 Å². The second kappa shape index (κ2) is 10.4. The zero-order valence-corrected chi connectivity index (χ0v) is 15.8. The molecule has 0 saturated carbocycles. The maximum Gasteiger partial charge on any atom is 0.416 e. The Morgan fingerprint density at radius 3 is 2.28 bits per heavy atom. The van der Waals surface area contributed by atoms with Crippen LogP contribution in [0.4, 0.5) is 17.6 Å². The first-order chi connectivity index (χ1) is 13.8. The maximum atomic E-state index is 13.1. The third-order valence-electron chi connectivity index (χ3n) is 3.96. The molecule has 1 amide bonds. The lowest BCUT2D eigenvalue weighted by molar-refractivity contribution is -0.137. The summed E-state index contributed by atoms with van der Waals surface area (Å²) in [6.07, 6.45) is -4.28. The van der Waals surface area contributed by atoms with Crippen LogP contribution in [0.25, 0.3) is 0 Å². The lowest BCUT2D eigenvalue weighted by Crippen LogP contribution is -2.41. The van der Waals surface area contributed by atoms with Crippen molar-refractivity contribution < 1.29 is 22.4 Å². The quantitative estimate of drug-likeness (QED) is 0.285. The predicted octanol–water partition coefficient (Wildman–Crippen LogP) is 2.87. The lowest BCUT2D eigenvalue weighted by atomic mass is 10.1. The first-order valence-corrected chi connectivity index (χ1v) is 8.89. The number of halogens is 4. The van der Waals surface area contributed by atoms with Crippen molar-refractivity contribution in [1.29, 1.82) is 0 Å². The summed E-state index contributed by atoms with van der Waals surface area (Å²) in [6, 6.07) is 10.7. The second-order valence-corrected chi connectivity index (χ2v) is 6.20. The average molecular weight is 410 g/mol. The first kappa shape index (κ1) is 22.2. The number of aliphatic imine (C=N–C) groups is 1. The van der Waals surface area contributed by atoms with Gasteiger partial charge in [0.25, 0.3) is 0 Å². The Bertz CT molecular complexity index is 835. The van der Waals surface area contributed by atoms with E-state index < -0.39 is 11.7 Å². The molecule has 0 heterocycles. The number of carbonyl (C=O) groups is 1. The summed E-state index contributed by atoms with van der Waals surface area (Å²) in [6.45, 7) is 1.01. The van der Waals surface area contributed by atoms with Crippen molar-refractivity contribution in [2.24, 2.45) is 4.99 Å². The third kappa shape index (κ3) is 7.81. The molecule has 2 aromatic rings. The number of hydrogen-bond acceptors (Lipinski definition) is 2. The molecule has 5 nitrogen and oxygen atoms in total. The number of rotatable bonds is 7. The van der Waals surface area contributed by atoms with Crippen LogP contribution in [0.15, 0.2) is 53.5 Å². The fraction of sp³-hybridized carbons (Fsp3) is 0.300. The van der Waals surface area contributed by atoms with Crippen molar-refractivity contribution in [3.8, 4) is 0 Å². The Kier molecular flexibility index (Phi) is 7.99. The standard InChI is InChI=1S/C20H22F4N4O/c1-25-19(28-13-14-5-7-16(8-6-14)20(22,23)24)27-10-9-26-18(29)12-15-3-2-4-17(21)11-15/h2-8,11H,9-10,12-13H2,1H3,(H,26,29)(H2,25,27,28). The van der Waals surface area contributed by atoms with Crippen LogP contribution in [0.5, 0.6) is 0 Å². The van der Waals surface area contributed by atoms with Crippen LogP contribution in [0.2, 0.25) is 0 Å². The molecule has 156 valence electrons. The molecular weight excluding hydrogens is 388 g/mol. The van der Waals surface area contributed by atoms with E-state index in [9.17, 15) is 22.4 Å². The number of guanidine groups is 1. The SMILES string of the molecule is CN=C(NCCNC(=O)Cc1cccc(F)c1)NCc1ccc(C(F)(F)F)cc1. The third-order valence-corrected chi connectivity index (χ3v) is 3.96. The zero-order valence-electron chi connectivity index (χ0n) is 15.8. The molecular formula is C20H22F4N4O. The fourth-order valence-electron chi connectivity index (χ4n) is 2.50.